The molecule has 1 amide bonds. The molecule has 7 heteroatoms. The highest BCUT2D eigenvalue weighted by molar-refractivity contribution is 7.14. The number of aromatic nitrogens is 1. The summed E-state index contributed by atoms with van der Waals surface area (Å²) in [6.45, 7) is 12.3. The van der Waals surface area contributed by atoms with Crippen LogP contribution in [0, 0.1) is 13.8 Å². The first-order valence-corrected chi connectivity index (χ1v) is 11.4. The molecule has 3 rings (SSSR count). The van der Waals surface area contributed by atoms with E-state index < -0.39 is 17.7 Å². The van der Waals surface area contributed by atoms with Crippen molar-refractivity contribution in [1.82, 2.24) is 9.88 Å². The number of hydrogen-bond donors (Lipinski definition) is 1. The average Bonchev–Trinajstić information content (AvgIpc) is 3.17. The molecule has 0 fully saturated rings. The zero-order chi connectivity index (χ0) is 22.9. The molecule has 6 nitrogen and oxygen atoms in total. The van der Waals surface area contributed by atoms with Crippen LogP contribution in [0.25, 0.3) is 0 Å². The van der Waals surface area contributed by atoms with Crippen LogP contribution in [-0.4, -0.2) is 45.9 Å². The fourth-order valence-corrected chi connectivity index (χ4v) is 4.65. The van der Waals surface area contributed by atoms with Gasteiger partial charge in [-0.3, -0.25) is 9.59 Å². The summed E-state index contributed by atoms with van der Waals surface area (Å²) >= 11 is 1.28. The van der Waals surface area contributed by atoms with Crippen LogP contribution in [0.2, 0.25) is 0 Å². The Kier molecular flexibility index (Phi) is 6.96. The Bertz CT molecular complexity index is 1010. The van der Waals surface area contributed by atoms with Crippen LogP contribution in [0.5, 0.6) is 0 Å². The van der Waals surface area contributed by atoms with Crippen molar-refractivity contribution in [2.45, 2.75) is 59.6 Å². The molecule has 2 heterocycles. The number of amides is 1. The first-order chi connectivity index (χ1) is 14.6. The van der Waals surface area contributed by atoms with E-state index in [4.69, 9.17) is 4.74 Å². The number of aliphatic hydroxyl groups excluding tert-OH is 1. The third-order valence-corrected chi connectivity index (χ3v) is 6.43. The second kappa shape index (κ2) is 9.32. The third kappa shape index (κ3) is 4.72. The Hall–Kier alpha value is -2.51. The number of thiazole rings is 1. The Labute approximate surface area is 187 Å². The molecule has 0 radical (unpaired) electrons. The second-order valence-corrected chi connectivity index (χ2v) is 9.58. The fraction of sp³-hybridized carbons (Fsp3) is 0.458. The van der Waals surface area contributed by atoms with Gasteiger partial charge in [-0.15, -0.1) is 11.3 Å². The lowest BCUT2D eigenvalue weighted by Gasteiger charge is -2.27. The van der Waals surface area contributed by atoms with Gasteiger partial charge in [0.2, 0.25) is 5.78 Å². The van der Waals surface area contributed by atoms with E-state index in [0.717, 1.165) is 16.1 Å². The maximum atomic E-state index is 13.5. The minimum Gasteiger partial charge on any atom is -0.503 e. The molecule has 0 saturated carbocycles. The molecule has 0 bridgehead atoms. The van der Waals surface area contributed by atoms with Crippen molar-refractivity contribution in [3.63, 3.8) is 0 Å². The van der Waals surface area contributed by atoms with Gasteiger partial charge in [0.1, 0.15) is 0 Å². The standard InChI is InChI=1S/C24H30N2O4S/c1-13(2)17-7-9-18(10-8-17)20-19(21(27)23-15(5)25-16(6)31-23)22(28)24(29)26(20)11-12-30-14(3)4/h7-10,13-14,20,28H,11-12H2,1-6H3. The first kappa shape index (κ1) is 23.2. The lowest BCUT2D eigenvalue weighted by atomic mass is 9.93. The minimum atomic E-state index is -0.668. The summed E-state index contributed by atoms with van der Waals surface area (Å²) in [5, 5.41) is 11.5. The van der Waals surface area contributed by atoms with Gasteiger partial charge >= 0.3 is 0 Å². The van der Waals surface area contributed by atoms with E-state index in [1.165, 1.54) is 16.2 Å². The lowest BCUT2D eigenvalue weighted by Crippen LogP contribution is -2.34. The van der Waals surface area contributed by atoms with E-state index in [2.05, 4.69) is 18.8 Å². The van der Waals surface area contributed by atoms with E-state index >= 15 is 0 Å². The van der Waals surface area contributed by atoms with E-state index in [0.29, 0.717) is 23.1 Å². The maximum absolute atomic E-state index is 13.5. The summed E-state index contributed by atoms with van der Waals surface area (Å²) in [7, 11) is 0. The van der Waals surface area contributed by atoms with Crippen LogP contribution >= 0.6 is 11.3 Å². The lowest BCUT2D eigenvalue weighted by molar-refractivity contribution is -0.130. The number of ether oxygens (including phenoxy) is 1. The molecule has 1 atom stereocenters. The van der Waals surface area contributed by atoms with Crippen molar-refractivity contribution in [3.05, 3.63) is 62.3 Å². The van der Waals surface area contributed by atoms with Gasteiger partial charge in [0.25, 0.3) is 5.91 Å². The molecule has 2 aromatic rings. The Morgan fingerprint density at radius 2 is 1.84 bits per heavy atom. The molecule has 1 aliphatic heterocycles. The highest BCUT2D eigenvalue weighted by Gasteiger charge is 2.44. The molecule has 0 saturated heterocycles. The number of aryl methyl sites for hydroxylation is 2. The highest BCUT2D eigenvalue weighted by Crippen LogP contribution is 2.40. The van der Waals surface area contributed by atoms with Gasteiger partial charge in [-0.05, 0) is 44.7 Å². The van der Waals surface area contributed by atoms with Crippen LogP contribution in [-0.2, 0) is 9.53 Å². The smallest absolute Gasteiger partial charge is 0.290 e. The largest absolute Gasteiger partial charge is 0.503 e. The normalized spacial score (nSPS) is 16.8. The second-order valence-electron chi connectivity index (χ2n) is 8.38. The van der Waals surface area contributed by atoms with E-state index in [1.807, 2.05) is 45.0 Å². The Morgan fingerprint density at radius 1 is 1.19 bits per heavy atom. The van der Waals surface area contributed by atoms with Crippen molar-refractivity contribution in [2.24, 2.45) is 0 Å². The van der Waals surface area contributed by atoms with E-state index in [9.17, 15) is 14.7 Å². The fourth-order valence-electron chi connectivity index (χ4n) is 3.78. The average molecular weight is 443 g/mol. The van der Waals surface area contributed by atoms with Crippen molar-refractivity contribution in [2.75, 3.05) is 13.2 Å². The number of ketones is 1. The summed E-state index contributed by atoms with van der Waals surface area (Å²) in [6, 6.07) is 7.21. The topological polar surface area (TPSA) is 79.7 Å². The molecule has 0 aliphatic carbocycles. The Morgan fingerprint density at radius 3 is 2.35 bits per heavy atom. The van der Waals surface area contributed by atoms with Gasteiger partial charge in [-0.2, -0.15) is 0 Å². The van der Waals surface area contributed by atoms with Crippen molar-refractivity contribution >= 4 is 23.0 Å². The zero-order valence-corrected chi connectivity index (χ0v) is 19.7. The molecule has 1 aromatic heterocycles. The number of rotatable bonds is 8. The van der Waals surface area contributed by atoms with Gasteiger partial charge in [-0.1, -0.05) is 38.1 Å². The van der Waals surface area contributed by atoms with Crippen LogP contribution in [0.3, 0.4) is 0 Å². The molecule has 1 unspecified atom stereocenters. The highest BCUT2D eigenvalue weighted by atomic mass is 32.1. The first-order valence-electron chi connectivity index (χ1n) is 10.6. The summed E-state index contributed by atoms with van der Waals surface area (Å²) < 4.78 is 5.64. The molecular formula is C24H30N2O4S. The number of carbonyl (C=O) groups excluding carboxylic acids is 2. The summed E-state index contributed by atoms with van der Waals surface area (Å²) in [5.41, 5.74) is 2.67. The quantitative estimate of drug-likeness (QED) is 0.589. The zero-order valence-electron chi connectivity index (χ0n) is 18.9. The van der Waals surface area contributed by atoms with Gasteiger partial charge in [0.05, 0.1) is 39.9 Å². The number of benzene rings is 1. The van der Waals surface area contributed by atoms with Crippen LogP contribution in [0.4, 0.5) is 0 Å². The van der Waals surface area contributed by atoms with Crippen molar-refractivity contribution < 1.29 is 19.4 Å². The molecule has 31 heavy (non-hydrogen) atoms. The van der Waals surface area contributed by atoms with Gasteiger partial charge in [0.15, 0.2) is 5.76 Å². The summed E-state index contributed by atoms with van der Waals surface area (Å²) in [4.78, 5) is 32.8. The van der Waals surface area contributed by atoms with E-state index in [1.54, 1.807) is 6.92 Å². The van der Waals surface area contributed by atoms with Crippen LogP contribution in [0.15, 0.2) is 35.6 Å². The maximum Gasteiger partial charge on any atom is 0.290 e. The molecule has 1 aliphatic rings. The number of hydrogen-bond acceptors (Lipinski definition) is 6. The SMILES string of the molecule is Cc1nc(C)c(C(=O)C2=C(O)C(=O)N(CCOC(C)C)C2c2ccc(C(C)C)cc2)s1. The Balaban J connectivity index is 2.04. The predicted octanol–water partition coefficient (Wildman–Crippen LogP) is 4.89. The monoisotopic (exact) mass is 442 g/mol. The third-order valence-electron chi connectivity index (χ3n) is 5.36. The van der Waals surface area contributed by atoms with Crippen LogP contribution in [0.1, 0.15) is 71.2 Å². The number of carbonyl (C=O) groups is 2. The van der Waals surface area contributed by atoms with Crippen LogP contribution < -0.4 is 0 Å². The molecule has 0 spiro atoms. The van der Waals surface area contributed by atoms with Gasteiger partial charge in [0, 0.05) is 6.54 Å². The summed E-state index contributed by atoms with van der Waals surface area (Å²) in [6.07, 6.45) is 0.0203. The van der Waals surface area contributed by atoms with E-state index in [-0.39, 0.29) is 24.0 Å². The number of nitrogens with zero attached hydrogens (tertiary/aromatic N) is 2. The number of Topliss-reactive ketones (excluding diaryl/α,β-unsaturated/α-hetero) is 1. The van der Waals surface area contributed by atoms with Gasteiger partial charge < -0.3 is 14.7 Å². The number of aliphatic hydroxyl groups is 1. The molecule has 1 aromatic carbocycles. The minimum absolute atomic E-state index is 0.0203. The molecule has 166 valence electrons. The van der Waals surface area contributed by atoms with Gasteiger partial charge in [-0.25, -0.2) is 4.98 Å². The molecular weight excluding hydrogens is 412 g/mol. The summed E-state index contributed by atoms with van der Waals surface area (Å²) in [5.74, 6) is -1.02. The van der Waals surface area contributed by atoms with Crippen molar-refractivity contribution in [1.29, 1.82) is 0 Å². The molecule has 1 N–H and O–H groups in total. The van der Waals surface area contributed by atoms with Crippen molar-refractivity contribution in [3.8, 4) is 0 Å². The predicted molar refractivity (Wildman–Crippen MR) is 122 cm³/mol.